The molecule has 0 aliphatic carbocycles. The molecule has 6 nitrogen and oxygen atoms in total. The summed E-state index contributed by atoms with van der Waals surface area (Å²) in [6.07, 6.45) is 0.617. The van der Waals surface area contributed by atoms with Crippen LogP contribution < -0.4 is 5.73 Å². The van der Waals surface area contributed by atoms with E-state index in [1.165, 1.54) is 18.1 Å². The van der Waals surface area contributed by atoms with Crippen LogP contribution in [-0.4, -0.2) is 55.0 Å². The second kappa shape index (κ2) is 6.95. The number of urea groups is 1. The molecule has 0 saturated carbocycles. The van der Waals surface area contributed by atoms with Crippen molar-refractivity contribution in [1.82, 2.24) is 9.80 Å². The standard InChI is InChI=1S/C16H22FN3O3/c1-16(23-2,12-6-3-4-7-13(12)17)14(21)19-8-5-9-20(11-10-19)15(18)22/h3-4,6-7H,5,8-11H2,1-2H3,(H2,18,22). The van der Waals surface area contributed by atoms with Gasteiger partial charge in [0.1, 0.15) is 5.82 Å². The number of carbonyl (C=O) groups excluding carboxylic acids is 2. The first kappa shape index (κ1) is 17.2. The predicted molar refractivity (Wildman–Crippen MR) is 83.1 cm³/mol. The molecule has 2 N–H and O–H groups in total. The Labute approximate surface area is 135 Å². The van der Waals surface area contributed by atoms with E-state index in [1.807, 2.05) is 0 Å². The number of amides is 3. The number of nitrogens with zero attached hydrogens (tertiary/aromatic N) is 2. The minimum Gasteiger partial charge on any atom is -0.364 e. The molecular weight excluding hydrogens is 301 g/mol. The average Bonchev–Trinajstić information content (AvgIpc) is 2.80. The van der Waals surface area contributed by atoms with Crippen LogP contribution in [0.25, 0.3) is 0 Å². The van der Waals surface area contributed by atoms with Crippen LogP contribution in [0.5, 0.6) is 0 Å². The highest BCUT2D eigenvalue weighted by atomic mass is 19.1. The molecular formula is C16H22FN3O3. The predicted octanol–water partition coefficient (Wildman–Crippen LogP) is 1.30. The monoisotopic (exact) mass is 323 g/mol. The Morgan fingerprint density at radius 1 is 1.17 bits per heavy atom. The third kappa shape index (κ3) is 3.44. The van der Waals surface area contributed by atoms with Gasteiger partial charge in [-0.25, -0.2) is 9.18 Å². The molecule has 1 fully saturated rings. The average molecular weight is 323 g/mol. The molecule has 1 heterocycles. The Balaban J connectivity index is 2.23. The van der Waals surface area contributed by atoms with Gasteiger partial charge >= 0.3 is 6.03 Å². The maximum atomic E-state index is 14.1. The lowest BCUT2D eigenvalue weighted by atomic mass is 9.93. The molecule has 1 unspecified atom stereocenters. The Kier molecular flexibility index (Phi) is 5.20. The van der Waals surface area contributed by atoms with Gasteiger partial charge in [-0.05, 0) is 19.4 Å². The van der Waals surface area contributed by atoms with E-state index in [1.54, 1.807) is 30.0 Å². The maximum absolute atomic E-state index is 14.1. The molecule has 1 saturated heterocycles. The number of ether oxygens (including phenoxy) is 1. The number of benzene rings is 1. The fraction of sp³-hybridized carbons (Fsp3) is 0.500. The third-order valence-corrected chi connectivity index (χ3v) is 4.30. The Hall–Kier alpha value is -2.15. The van der Waals surface area contributed by atoms with Crippen LogP contribution in [0.4, 0.5) is 9.18 Å². The highest BCUT2D eigenvalue weighted by molar-refractivity contribution is 5.86. The smallest absolute Gasteiger partial charge is 0.314 e. The van der Waals surface area contributed by atoms with Gasteiger partial charge in [-0.2, -0.15) is 0 Å². The summed E-state index contributed by atoms with van der Waals surface area (Å²) in [5.74, 6) is -0.810. The Morgan fingerprint density at radius 2 is 1.78 bits per heavy atom. The SMILES string of the molecule is COC(C)(C(=O)N1CCCN(C(N)=O)CC1)c1ccccc1F. The molecule has 1 aromatic rings. The second-order valence-corrected chi connectivity index (χ2v) is 5.69. The topological polar surface area (TPSA) is 75.9 Å². The summed E-state index contributed by atoms with van der Waals surface area (Å²) in [7, 11) is 1.39. The molecule has 1 aliphatic heterocycles. The van der Waals surface area contributed by atoms with E-state index in [9.17, 15) is 14.0 Å². The van der Waals surface area contributed by atoms with Crippen LogP contribution >= 0.6 is 0 Å². The number of hydrogen-bond donors (Lipinski definition) is 1. The molecule has 7 heteroatoms. The van der Waals surface area contributed by atoms with Gasteiger partial charge in [-0.1, -0.05) is 18.2 Å². The normalized spacial score (nSPS) is 18.2. The van der Waals surface area contributed by atoms with Crippen LogP contribution in [0.15, 0.2) is 24.3 Å². The number of rotatable bonds is 3. The van der Waals surface area contributed by atoms with Crippen LogP contribution in [0.2, 0.25) is 0 Å². The van der Waals surface area contributed by atoms with Gasteiger partial charge in [0, 0.05) is 38.9 Å². The second-order valence-electron chi connectivity index (χ2n) is 5.69. The van der Waals surface area contributed by atoms with Crippen molar-refractivity contribution in [2.24, 2.45) is 5.73 Å². The van der Waals surface area contributed by atoms with Gasteiger partial charge in [-0.15, -0.1) is 0 Å². The van der Waals surface area contributed by atoms with Crippen LogP contribution in [-0.2, 0) is 15.1 Å². The van der Waals surface area contributed by atoms with Crippen LogP contribution in [0.1, 0.15) is 18.9 Å². The third-order valence-electron chi connectivity index (χ3n) is 4.30. The van der Waals surface area contributed by atoms with Crippen molar-refractivity contribution >= 4 is 11.9 Å². The zero-order valence-electron chi connectivity index (χ0n) is 13.4. The molecule has 0 spiro atoms. The number of methoxy groups -OCH3 is 1. The lowest BCUT2D eigenvalue weighted by molar-refractivity contribution is -0.154. The number of nitrogens with two attached hydrogens (primary N) is 1. The molecule has 0 radical (unpaired) electrons. The number of carbonyl (C=O) groups is 2. The number of halogens is 1. The minimum absolute atomic E-state index is 0.198. The summed E-state index contributed by atoms with van der Waals surface area (Å²) in [6, 6.07) is 5.58. The minimum atomic E-state index is -1.41. The van der Waals surface area contributed by atoms with Crippen molar-refractivity contribution in [3.8, 4) is 0 Å². The summed E-state index contributed by atoms with van der Waals surface area (Å²) in [5.41, 5.74) is 4.08. The van der Waals surface area contributed by atoms with E-state index in [0.29, 0.717) is 32.6 Å². The first-order valence-corrected chi connectivity index (χ1v) is 7.54. The van der Waals surface area contributed by atoms with Crippen molar-refractivity contribution in [2.75, 3.05) is 33.3 Å². The van der Waals surface area contributed by atoms with Crippen molar-refractivity contribution in [1.29, 1.82) is 0 Å². The molecule has 2 rings (SSSR count). The van der Waals surface area contributed by atoms with E-state index >= 15 is 0 Å². The van der Waals surface area contributed by atoms with Gasteiger partial charge in [0.15, 0.2) is 5.60 Å². The lowest BCUT2D eigenvalue weighted by Gasteiger charge is -2.33. The van der Waals surface area contributed by atoms with Gasteiger partial charge in [0.25, 0.3) is 5.91 Å². The summed E-state index contributed by atoms with van der Waals surface area (Å²) in [6.45, 7) is 3.23. The first-order chi connectivity index (χ1) is 10.9. The fourth-order valence-electron chi connectivity index (χ4n) is 2.80. The Morgan fingerprint density at radius 3 is 2.39 bits per heavy atom. The van der Waals surface area contributed by atoms with Gasteiger partial charge in [0.2, 0.25) is 0 Å². The molecule has 1 aliphatic rings. The van der Waals surface area contributed by atoms with E-state index in [-0.39, 0.29) is 11.5 Å². The number of primary amides is 1. The van der Waals surface area contributed by atoms with Crippen LogP contribution in [0.3, 0.4) is 0 Å². The van der Waals surface area contributed by atoms with E-state index in [4.69, 9.17) is 10.5 Å². The summed E-state index contributed by atoms with van der Waals surface area (Å²) >= 11 is 0. The molecule has 126 valence electrons. The summed E-state index contributed by atoms with van der Waals surface area (Å²) in [4.78, 5) is 27.3. The molecule has 23 heavy (non-hydrogen) atoms. The highest BCUT2D eigenvalue weighted by Crippen LogP contribution is 2.29. The molecule has 3 amide bonds. The summed E-state index contributed by atoms with van der Waals surface area (Å²) < 4.78 is 19.5. The largest absolute Gasteiger partial charge is 0.364 e. The molecule has 1 atom stereocenters. The highest BCUT2D eigenvalue weighted by Gasteiger charge is 2.41. The van der Waals surface area contributed by atoms with Crippen molar-refractivity contribution in [3.05, 3.63) is 35.6 Å². The van der Waals surface area contributed by atoms with E-state index in [2.05, 4.69) is 0 Å². The van der Waals surface area contributed by atoms with Crippen molar-refractivity contribution in [2.45, 2.75) is 18.9 Å². The zero-order chi connectivity index (χ0) is 17.0. The van der Waals surface area contributed by atoms with E-state index < -0.39 is 17.4 Å². The van der Waals surface area contributed by atoms with Gasteiger partial charge < -0.3 is 20.3 Å². The maximum Gasteiger partial charge on any atom is 0.314 e. The fourth-order valence-corrected chi connectivity index (χ4v) is 2.80. The first-order valence-electron chi connectivity index (χ1n) is 7.54. The van der Waals surface area contributed by atoms with Gasteiger partial charge in [-0.3, -0.25) is 4.79 Å². The van der Waals surface area contributed by atoms with Crippen molar-refractivity contribution < 1.29 is 18.7 Å². The zero-order valence-corrected chi connectivity index (χ0v) is 13.4. The van der Waals surface area contributed by atoms with Gasteiger partial charge in [0.05, 0.1) is 0 Å². The number of hydrogen-bond acceptors (Lipinski definition) is 3. The van der Waals surface area contributed by atoms with Crippen LogP contribution in [0, 0.1) is 5.82 Å². The Bertz CT molecular complexity index is 596. The molecule has 0 aromatic heterocycles. The van der Waals surface area contributed by atoms with E-state index in [0.717, 1.165) is 0 Å². The quantitative estimate of drug-likeness (QED) is 0.911. The molecule has 1 aromatic carbocycles. The molecule has 0 bridgehead atoms. The lowest BCUT2D eigenvalue weighted by Crippen LogP contribution is -2.48. The van der Waals surface area contributed by atoms with Crippen molar-refractivity contribution in [3.63, 3.8) is 0 Å². The summed E-state index contributed by atoms with van der Waals surface area (Å²) in [5, 5.41) is 0.